The highest BCUT2D eigenvalue weighted by atomic mass is 32.2. The summed E-state index contributed by atoms with van der Waals surface area (Å²) in [7, 11) is -3.62. The van der Waals surface area contributed by atoms with Crippen LogP contribution in [0.1, 0.15) is 0 Å². The molecule has 0 spiro atoms. The lowest BCUT2D eigenvalue weighted by molar-refractivity contribution is -0.111. The number of aromatic nitrogens is 2. The van der Waals surface area contributed by atoms with Gasteiger partial charge in [-0.25, -0.2) is 13.4 Å². The smallest absolute Gasteiger partial charge is 0.247 e. The van der Waals surface area contributed by atoms with E-state index in [9.17, 15) is 13.2 Å². The Hall–Kier alpha value is -3.02. The molecule has 10 nitrogen and oxygen atoms in total. The van der Waals surface area contributed by atoms with Crippen molar-refractivity contribution in [3.05, 3.63) is 49.2 Å². The zero-order valence-electron chi connectivity index (χ0n) is 17.7. The highest BCUT2D eigenvalue weighted by molar-refractivity contribution is 7.89. The largest absolute Gasteiger partial charge is 0.378 e. The second-order valence-corrected chi connectivity index (χ2v) is 9.36. The van der Waals surface area contributed by atoms with Crippen molar-refractivity contribution >= 4 is 33.4 Å². The minimum absolute atomic E-state index is 0.194. The average molecular weight is 459 g/mol. The average Bonchev–Trinajstić information content (AvgIpc) is 2.85. The maximum absolute atomic E-state index is 13.0. The number of piperazine rings is 1. The van der Waals surface area contributed by atoms with Crippen LogP contribution in [0.3, 0.4) is 0 Å². The fourth-order valence-corrected chi connectivity index (χ4v) is 5.06. The molecule has 2 aromatic rings. The number of sulfonamides is 1. The van der Waals surface area contributed by atoms with E-state index in [1.165, 1.54) is 16.4 Å². The lowest BCUT2D eigenvalue weighted by Crippen LogP contribution is -2.49. The number of amides is 1. The lowest BCUT2D eigenvalue weighted by Gasteiger charge is -2.35. The molecule has 0 atom stereocenters. The first kappa shape index (κ1) is 22.2. The number of hydrogen-bond donors (Lipinski definition) is 1. The van der Waals surface area contributed by atoms with E-state index >= 15 is 0 Å². The molecular formula is C21H26N6O4S. The summed E-state index contributed by atoms with van der Waals surface area (Å²) in [5.41, 5.74) is 0.513. The number of nitrogens with one attached hydrogen (secondary N) is 1. The van der Waals surface area contributed by atoms with Crippen molar-refractivity contribution < 1.29 is 17.9 Å². The number of anilines is 3. The van der Waals surface area contributed by atoms with Gasteiger partial charge in [0.25, 0.3) is 0 Å². The van der Waals surface area contributed by atoms with Gasteiger partial charge in [0.05, 0.1) is 18.1 Å². The molecule has 0 saturated carbocycles. The van der Waals surface area contributed by atoms with E-state index < -0.39 is 10.0 Å². The number of hydrogen-bond acceptors (Lipinski definition) is 8. The van der Waals surface area contributed by atoms with Gasteiger partial charge in [-0.2, -0.15) is 9.29 Å². The van der Waals surface area contributed by atoms with Crippen LogP contribution in [0.25, 0.3) is 0 Å². The molecule has 2 aliphatic rings. The molecule has 1 amide bonds. The SMILES string of the molecule is C=CC(=O)Nc1ccc(S(=O)(=O)N2CCN(c3ccnc(N4CCOCC4)n3)CC2)cc1. The van der Waals surface area contributed by atoms with Crippen molar-refractivity contribution in [3.8, 4) is 0 Å². The second kappa shape index (κ2) is 9.63. The van der Waals surface area contributed by atoms with Gasteiger partial charge in [-0.15, -0.1) is 0 Å². The number of ether oxygens (including phenoxy) is 1. The van der Waals surface area contributed by atoms with Gasteiger partial charge in [-0.1, -0.05) is 6.58 Å². The van der Waals surface area contributed by atoms with Gasteiger partial charge in [0.1, 0.15) is 5.82 Å². The zero-order chi connectivity index (χ0) is 22.6. The normalized spacial score (nSPS) is 17.8. The highest BCUT2D eigenvalue weighted by Crippen LogP contribution is 2.22. The van der Waals surface area contributed by atoms with E-state index in [1.807, 2.05) is 6.07 Å². The quantitative estimate of drug-likeness (QED) is 0.638. The van der Waals surface area contributed by atoms with Gasteiger partial charge in [-0.3, -0.25) is 4.79 Å². The summed E-state index contributed by atoms with van der Waals surface area (Å²) in [6, 6.07) is 7.99. The van der Waals surface area contributed by atoms with E-state index in [4.69, 9.17) is 4.74 Å². The fourth-order valence-electron chi connectivity index (χ4n) is 3.64. The molecule has 0 bridgehead atoms. The van der Waals surface area contributed by atoms with E-state index in [-0.39, 0.29) is 10.8 Å². The van der Waals surface area contributed by atoms with E-state index in [1.54, 1.807) is 18.3 Å². The Kier molecular flexibility index (Phi) is 6.68. The van der Waals surface area contributed by atoms with Crippen LogP contribution in [-0.2, 0) is 19.6 Å². The van der Waals surface area contributed by atoms with Crippen LogP contribution < -0.4 is 15.1 Å². The predicted molar refractivity (Wildman–Crippen MR) is 121 cm³/mol. The number of nitrogens with zero attached hydrogens (tertiary/aromatic N) is 5. The van der Waals surface area contributed by atoms with Crippen LogP contribution in [0.15, 0.2) is 54.1 Å². The van der Waals surface area contributed by atoms with Crippen LogP contribution in [0.4, 0.5) is 17.5 Å². The van der Waals surface area contributed by atoms with Crippen molar-refractivity contribution in [2.24, 2.45) is 0 Å². The van der Waals surface area contributed by atoms with E-state index in [0.717, 1.165) is 25.0 Å². The van der Waals surface area contributed by atoms with E-state index in [2.05, 4.69) is 31.7 Å². The predicted octanol–water partition coefficient (Wildman–Crippen LogP) is 0.949. The maximum Gasteiger partial charge on any atom is 0.247 e. The van der Waals surface area contributed by atoms with Crippen LogP contribution in [0.2, 0.25) is 0 Å². The van der Waals surface area contributed by atoms with Gasteiger partial charge in [0, 0.05) is 51.2 Å². The first-order valence-corrected chi connectivity index (χ1v) is 11.9. The number of rotatable bonds is 6. The van der Waals surface area contributed by atoms with Gasteiger partial charge >= 0.3 is 0 Å². The molecule has 2 saturated heterocycles. The minimum atomic E-state index is -3.62. The van der Waals surface area contributed by atoms with E-state index in [0.29, 0.717) is 51.0 Å². The van der Waals surface area contributed by atoms with Crippen molar-refractivity contribution in [1.82, 2.24) is 14.3 Å². The molecule has 0 aliphatic carbocycles. The standard InChI is InChI=1S/C21H26N6O4S/c1-2-20(28)23-17-3-5-18(6-4-17)32(29,30)27-11-9-25(10-12-27)19-7-8-22-21(24-19)26-13-15-31-16-14-26/h2-8H,1,9-16H2,(H,23,28). The summed E-state index contributed by atoms with van der Waals surface area (Å²) in [4.78, 5) is 24.8. The van der Waals surface area contributed by atoms with Crippen LogP contribution in [0, 0.1) is 0 Å². The molecule has 32 heavy (non-hydrogen) atoms. The van der Waals surface area contributed by atoms with Crippen LogP contribution >= 0.6 is 0 Å². The molecule has 1 aromatic carbocycles. The zero-order valence-corrected chi connectivity index (χ0v) is 18.5. The third-order valence-corrected chi connectivity index (χ3v) is 7.34. The Morgan fingerprint density at radius 1 is 1.00 bits per heavy atom. The topological polar surface area (TPSA) is 108 Å². The van der Waals surface area contributed by atoms with Gasteiger partial charge in [-0.05, 0) is 36.4 Å². The number of benzene rings is 1. The fraction of sp³-hybridized carbons (Fsp3) is 0.381. The van der Waals surface area contributed by atoms with Crippen molar-refractivity contribution in [2.75, 3.05) is 67.6 Å². The molecule has 1 N–H and O–H groups in total. The molecule has 0 radical (unpaired) electrons. The monoisotopic (exact) mass is 458 g/mol. The van der Waals surface area contributed by atoms with Gasteiger partial charge < -0.3 is 19.9 Å². The lowest BCUT2D eigenvalue weighted by atomic mass is 10.3. The molecule has 0 unspecified atom stereocenters. The summed E-state index contributed by atoms with van der Waals surface area (Å²) in [6.07, 6.45) is 2.90. The van der Waals surface area contributed by atoms with Crippen LogP contribution in [0.5, 0.6) is 0 Å². The summed E-state index contributed by atoms with van der Waals surface area (Å²) >= 11 is 0. The Bertz CT molecular complexity index is 1060. The molecule has 2 aliphatic heterocycles. The third kappa shape index (κ3) is 4.90. The Labute approximate surface area is 187 Å². The first-order valence-electron chi connectivity index (χ1n) is 10.4. The Balaban J connectivity index is 1.40. The Morgan fingerprint density at radius 3 is 2.34 bits per heavy atom. The molecule has 2 fully saturated rings. The molecule has 1 aromatic heterocycles. The van der Waals surface area contributed by atoms with Crippen molar-refractivity contribution in [3.63, 3.8) is 0 Å². The van der Waals surface area contributed by atoms with Crippen molar-refractivity contribution in [1.29, 1.82) is 0 Å². The summed E-state index contributed by atoms with van der Waals surface area (Å²) in [6.45, 7) is 8.00. The molecule has 3 heterocycles. The summed E-state index contributed by atoms with van der Waals surface area (Å²) in [5, 5.41) is 2.61. The maximum atomic E-state index is 13.0. The molecule has 11 heteroatoms. The highest BCUT2D eigenvalue weighted by Gasteiger charge is 2.29. The number of carbonyl (C=O) groups excluding carboxylic acids is 1. The van der Waals surface area contributed by atoms with Gasteiger partial charge in [0.15, 0.2) is 0 Å². The minimum Gasteiger partial charge on any atom is -0.378 e. The first-order chi connectivity index (χ1) is 15.5. The summed E-state index contributed by atoms with van der Waals surface area (Å²) in [5.74, 6) is 1.11. The second-order valence-electron chi connectivity index (χ2n) is 7.42. The molecule has 170 valence electrons. The van der Waals surface area contributed by atoms with Gasteiger partial charge in [0.2, 0.25) is 21.9 Å². The Morgan fingerprint density at radius 2 is 1.69 bits per heavy atom. The number of carbonyl (C=O) groups is 1. The number of morpholine rings is 1. The molecular weight excluding hydrogens is 432 g/mol. The van der Waals surface area contributed by atoms with Crippen LogP contribution in [-0.4, -0.2) is 81.1 Å². The third-order valence-electron chi connectivity index (χ3n) is 5.43. The summed E-state index contributed by atoms with van der Waals surface area (Å²) < 4.78 is 32.9. The van der Waals surface area contributed by atoms with Crippen molar-refractivity contribution in [2.45, 2.75) is 4.90 Å². The molecule has 4 rings (SSSR count).